The Labute approximate surface area is 147 Å². The molecule has 7 heteroatoms. The molecule has 0 saturated heterocycles. The van der Waals surface area contributed by atoms with E-state index in [4.69, 9.17) is 9.52 Å². The zero-order valence-corrected chi connectivity index (χ0v) is 14.4. The Balaban J connectivity index is 2.20. The highest BCUT2D eigenvalue weighted by atomic mass is 79.9. The van der Waals surface area contributed by atoms with Gasteiger partial charge in [-0.05, 0) is 42.3 Å². The van der Waals surface area contributed by atoms with Gasteiger partial charge in [0.2, 0.25) is 0 Å². The largest absolute Gasteiger partial charge is 0.459 e. The Kier molecular flexibility index (Phi) is 6.77. The Bertz CT molecular complexity index is 726. The normalized spacial score (nSPS) is 11.2. The zero-order chi connectivity index (χ0) is 17.4. The van der Waals surface area contributed by atoms with Crippen molar-refractivity contribution in [3.63, 3.8) is 0 Å². The van der Waals surface area contributed by atoms with Crippen molar-refractivity contribution in [1.29, 1.82) is 0 Å². The van der Waals surface area contributed by atoms with Crippen LogP contribution in [0.15, 0.2) is 57.2 Å². The summed E-state index contributed by atoms with van der Waals surface area (Å²) in [6, 6.07) is 10.4. The van der Waals surface area contributed by atoms with Crippen molar-refractivity contribution in [2.45, 2.75) is 6.42 Å². The molecule has 0 atom stereocenters. The van der Waals surface area contributed by atoms with Crippen LogP contribution < -0.4 is 10.6 Å². The van der Waals surface area contributed by atoms with Gasteiger partial charge in [0.25, 0.3) is 11.8 Å². The topological polar surface area (TPSA) is 91.6 Å². The van der Waals surface area contributed by atoms with E-state index in [-0.39, 0.29) is 18.1 Å². The first-order chi connectivity index (χ1) is 11.6. The minimum absolute atomic E-state index is 0.0241. The van der Waals surface area contributed by atoms with E-state index in [0.29, 0.717) is 13.0 Å². The molecular weight excluding hydrogens is 376 g/mol. The van der Waals surface area contributed by atoms with Crippen LogP contribution in [0.3, 0.4) is 0 Å². The predicted octanol–water partition coefficient (Wildman–Crippen LogP) is 2.31. The minimum Gasteiger partial charge on any atom is -0.459 e. The quantitative estimate of drug-likeness (QED) is 0.497. The molecule has 0 spiro atoms. The summed E-state index contributed by atoms with van der Waals surface area (Å²) in [7, 11) is 0. The minimum atomic E-state index is -0.515. The van der Waals surface area contributed by atoms with Crippen molar-refractivity contribution in [2.24, 2.45) is 0 Å². The van der Waals surface area contributed by atoms with Gasteiger partial charge < -0.3 is 20.2 Å². The monoisotopic (exact) mass is 392 g/mol. The number of aliphatic hydroxyl groups is 1. The highest BCUT2D eigenvalue weighted by Crippen LogP contribution is 2.14. The van der Waals surface area contributed by atoms with Gasteiger partial charge in [-0.2, -0.15) is 0 Å². The number of rotatable bonds is 7. The van der Waals surface area contributed by atoms with Crippen LogP contribution >= 0.6 is 15.9 Å². The molecule has 2 amide bonds. The Morgan fingerprint density at radius 1 is 1.25 bits per heavy atom. The van der Waals surface area contributed by atoms with Gasteiger partial charge in [0, 0.05) is 17.6 Å². The van der Waals surface area contributed by atoms with Crippen LogP contribution in [0.2, 0.25) is 0 Å². The highest BCUT2D eigenvalue weighted by Gasteiger charge is 2.16. The highest BCUT2D eigenvalue weighted by molar-refractivity contribution is 9.10. The first-order valence-corrected chi connectivity index (χ1v) is 8.10. The smallest absolute Gasteiger partial charge is 0.291 e. The van der Waals surface area contributed by atoms with Crippen molar-refractivity contribution in [1.82, 2.24) is 10.6 Å². The molecule has 24 heavy (non-hydrogen) atoms. The van der Waals surface area contributed by atoms with Gasteiger partial charge >= 0.3 is 0 Å². The lowest BCUT2D eigenvalue weighted by Crippen LogP contribution is -2.35. The van der Waals surface area contributed by atoms with Crippen LogP contribution in [-0.2, 0) is 4.79 Å². The molecule has 126 valence electrons. The number of benzene rings is 1. The second-order valence-corrected chi connectivity index (χ2v) is 5.79. The average Bonchev–Trinajstić information content (AvgIpc) is 3.09. The van der Waals surface area contributed by atoms with Crippen LogP contribution in [0.4, 0.5) is 0 Å². The second kappa shape index (κ2) is 9.05. The number of hydrogen-bond donors (Lipinski definition) is 3. The molecule has 2 aromatic rings. The van der Waals surface area contributed by atoms with E-state index in [1.165, 1.54) is 12.3 Å². The maximum absolute atomic E-state index is 12.3. The van der Waals surface area contributed by atoms with E-state index in [1.54, 1.807) is 12.1 Å². The molecule has 6 nitrogen and oxygen atoms in total. The summed E-state index contributed by atoms with van der Waals surface area (Å²) in [4.78, 5) is 24.4. The molecule has 0 unspecified atom stereocenters. The molecule has 0 aliphatic rings. The Morgan fingerprint density at radius 2 is 2.08 bits per heavy atom. The van der Waals surface area contributed by atoms with Gasteiger partial charge in [0.1, 0.15) is 5.70 Å². The number of hydrogen-bond acceptors (Lipinski definition) is 4. The van der Waals surface area contributed by atoms with E-state index >= 15 is 0 Å². The zero-order valence-electron chi connectivity index (χ0n) is 12.8. The van der Waals surface area contributed by atoms with Gasteiger partial charge in [0.15, 0.2) is 5.76 Å². The fraction of sp³-hybridized carbons (Fsp3) is 0.176. The van der Waals surface area contributed by atoms with Crippen molar-refractivity contribution in [2.75, 3.05) is 13.2 Å². The van der Waals surface area contributed by atoms with Crippen LogP contribution in [0.1, 0.15) is 22.5 Å². The van der Waals surface area contributed by atoms with E-state index < -0.39 is 11.8 Å². The molecular formula is C17H17BrN2O4. The standard InChI is InChI=1S/C17H17BrN2O4/c18-13-5-1-4-12(10-13)11-14(16(22)19-7-3-8-21)20-17(23)15-6-2-9-24-15/h1-2,4-6,9-11,21H,3,7-8H2,(H,19,22)(H,20,23)/b14-11-. The molecule has 0 saturated carbocycles. The number of carbonyl (C=O) groups excluding carboxylic acids is 2. The first-order valence-electron chi connectivity index (χ1n) is 7.31. The van der Waals surface area contributed by atoms with Crippen LogP contribution in [0.5, 0.6) is 0 Å². The van der Waals surface area contributed by atoms with Gasteiger partial charge in [-0.15, -0.1) is 0 Å². The van der Waals surface area contributed by atoms with Crippen molar-refractivity contribution in [3.05, 3.63) is 64.2 Å². The Morgan fingerprint density at radius 3 is 2.75 bits per heavy atom. The predicted molar refractivity (Wildman–Crippen MR) is 93.0 cm³/mol. The summed E-state index contributed by atoms with van der Waals surface area (Å²) in [5.41, 5.74) is 0.837. The van der Waals surface area contributed by atoms with Crippen LogP contribution in [0, 0.1) is 0 Å². The summed E-state index contributed by atoms with van der Waals surface area (Å²) in [5, 5.41) is 14.0. The van der Waals surface area contributed by atoms with Gasteiger partial charge in [-0.25, -0.2) is 0 Å². The molecule has 0 aliphatic heterocycles. The summed E-state index contributed by atoms with van der Waals surface area (Å²) in [6.45, 7) is 0.283. The third-order valence-electron chi connectivity index (χ3n) is 3.02. The Hall–Kier alpha value is -2.38. The molecule has 1 heterocycles. The molecule has 3 N–H and O–H groups in total. The summed E-state index contributed by atoms with van der Waals surface area (Å²) in [5.74, 6) is -0.847. The van der Waals surface area contributed by atoms with Crippen LogP contribution in [0.25, 0.3) is 6.08 Å². The van der Waals surface area contributed by atoms with E-state index in [0.717, 1.165) is 10.0 Å². The van der Waals surface area contributed by atoms with Crippen molar-refractivity contribution >= 4 is 33.8 Å². The summed E-state index contributed by atoms with van der Waals surface area (Å²) in [6.07, 6.45) is 3.38. The summed E-state index contributed by atoms with van der Waals surface area (Å²) < 4.78 is 5.89. The van der Waals surface area contributed by atoms with Gasteiger partial charge in [0.05, 0.1) is 6.26 Å². The number of aliphatic hydroxyl groups excluding tert-OH is 1. The number of amides is 2. The molecule has 0 fully saturated rings. The average molecular weight is 393 g/mol. The molecule has 0 radical (unpaired) electrons. The third-order valence-corrected chi connectivity index (χ3v) is 3.51. The maximum Gasteiger partial charge on any atom is 0.291 e. The number of carbonyl (C=O) groups is 2. The van der Waals surface area contributed by atoms with Gasteiger partial charge in [-0.1, -0.05) is 28.1 Å². The first kappa shape index (κ1) is 18.0. The number of furan rings is 1. The van der Waals surface area contributed by atoms with E-state index in [2.05, 4.69) is 26.6 Å². The molecule has 1 aromatic carbocycles. The SMILES string of the molecule is O=C(NCCCO)/C(=C/c1cccc(Br)c1)NC(=O)c1ccco1. The van der Waals surface area contributed by atoms with Crippen molar-refractivity contribution < 1.29 is 19.1 Å². The maximum atomic E-state index is 12.3. The lowest BCUT2D eigenvalue weighted by atomic mass is 10.2. The second-order valence-electron chi connectivity index (χ2n) is 4.88. The van der Waals surface area contributed by atoms with Crippen molar-refractivity contribution in [3.8, 4) is 0 Å². The molecule has 2 rings (SSSR count). The molecule has 0 bridgehead atoms. The fourth-order valence-corrected chi connectivity index (χ4v) is 2.31. The third kappa shape index (κ3) is 5.36. The number of halogens is 1. The van der Waals surface area contributed by atoms with Crippen LogP contribution in [-0.4, -0.2) is 30.1 Å². The lowest BCUT2D eigenvalue weighted by molar-refractivity contribution is -0.117. The molecule has 0 aliphatic carbocycles. The lowest BCUT2D eigenvalue weighted by Gasteiger charge is -2.10. The molecule has 1 aromatic heterocycles. The number of nitrogens with one attached hydrogen (secondary N) is 2. The van der Waals surface area contributed by atoms with Gasteiger partial charge in [-0.3, -0.25) is 9.59 Å². The summed E-state index contributed by atoms with van der Waals surface area (Å²) >= 11 is 3.36. The van der Waals surface area contributed by atoms with E-state index in [9.17, 15) is 9.59 Å². The van der Waals surface area contributed by atoms with E-state index in [1.807, 2.05) is 24.3 Å². The fourth-order valence-electron chi connectivity index (χ4n) is 1.89.